The molecule has 0 spiro atoms. The highest BCUT2D eigenvalue weighted by Gasteiger charge is 2.48. The molecule has 0 aliphatic carbocycles. The minimum absolute atomic E-state index is 0.124. The standard InChI is InChI=1S/2C24H20P.C2H2N4S2/c2*1-5-13-21(14-6-1)25(22-15-7-2-8-16-22,23-17-9-3-10-18-23)24-19-11-4-12-20-24;7-1-3-5-2(8)6-4-1/h2*1-20H;(H,3,4,7)(H,5,6,8)/q2*+1;/p-2. The van der Waals surface area contributed by atoms with Crippen molar-refractivity contribution in [1.82, 2.24) is 20.4 Å². The van der Waals surface area contributed by atoms with E-state index in [1.54, 1.807) is 0 Å². The molecule has 0 atom stereocenters. The average Bonchev–Trinajstić information content (AvgIpc) is 3.31. The van der Waals surface area contributed by atoms with Crippen molar-refractivity contribution < 1.29 is 0 Å². The molecule has 8 heteroatoms. The molecule has 0 aliphatic heterocycles. The van der Waals surface area contributed by atoms with Gasteiger partial charge in [0, 0.05) is 0 Å². The average molecular weight is 823 g/mol. The predicted octanol–water partition coefficient (Wildman–Crippen LogP) is 7.69. The summed E-state index contributed by atoms with van der Waals surface area (Å²) in [6, 6.07) is 87.7. The second-order valence-corrected chi connectivity index (χ2v) is 20.5. The normalized spacial score (nSPS) is 10.9. The van der Waals surface area contributed by atoms with Crippen molar-refractivity contribution in [3.05, 3.63) is 243 Å². The first-order valence-corrected chi connectivity index (χ1v) is 23.2. The zero-order valence-electron chi connectivity index (χ0n) is 31.6. The minimum atomic E-state index is -1.91. The third-order valence-electron chi connectivity index (χ3n) is 9.59. The molecular formula is C50H40N4P2S2. The van der Waals surface area contributed by atoms with Crippen LogP contribution in [0.3, 0.4) is 0 Å². The molecule has 9 rings (SSSR count). The lowest BCUT2D eigenvalue weighted by molar-refractivity contribution is 0.668. The Morgan fingerprint density at radius 3 is 0.448 bits per heavy atom. The number of nitrogens with zero attached hydrogens (tertiary/aromatic N) is 4. The summed E-state index contributed by atoms with van der Waals surface area (Å²) in [7, 11) is -3.81. The van der Waals surface area contributed by atoms with Crippen molar-refractivity contribution in [1.29, 1.82) is 0 Å². The van der Waals surface area contributed by atoms with E-state index in [9.17, 15) is 0 Å². The molecule has 0 aliphatic rings. The zero-order valence-corrected chi connectivity index (χ0v) is 35.0. The van der Waals surface area contributed by atoms with Crippen LogP contribution in [0.15, 0.2) is 253 Å². The van der Waals surface area contributed by atoms with E-state index in [0.29, 0.717) is 0 Å². The van der Waals surface area contributed by atoms with E-state index in [1.165, 1.54) is 42.4 Å². The van der Waals surface area contributed by atoms with Crippen molar-refractivity contribution in [3.63, 3.8) is 0 Å². The van der Waals surface area contributed by atoms with E-state index >= 15 is 0 Å². The summed E-state index contributed by atoms with van der Waals surface area (Å²) in [5.41, 5.74) is 0. The number of hydrogen-bond acceptors (Lipinski definition) is 6. The summed E-state index contributed by atoms with van der Waals surface area (Å²) in [6.07, 6.45) is 0. The Kier molecular flexibility index (Phi) is 13.8. The topological polar surface area (TPSA) is 51.6 Å². The maximum Gasteiger partial charge on any atom is 0.144 e. The fourth-order valence-electron chi connectivity index (χ4n) is 7.21. The molecule has 0 N–H and O–H groups in total. The highest BCUT2D eigenvalue weighted by Crippen LogP contribution is 2.55. The molecule has 9 aromatic rings. The Balaban J connectivity index is 0.000000149. The SMILES string of the molecule is [S-]c1nnc([S-])nn1.c1ccc([P+](c2ccccc2)(c2ccccc2)c2ccccc2)cc1.c1ccc([P+](c2ccccc2)(c2ccccc2)c2ccccc2)cc1. The van der Waals surface area contributed by atoms with Gasteiger partial charge >= 0.3 is 0 Å². The van der Waals surface area contributed by atoms with E-state index in [1.807, 2.05) is 0 Å². The summed E-state index contributed by atoms with van der Waals surface area (Å²) in [4.78, 5) is 0. The van der Waals surface area contributed by atoms with Gasteiger partial charge in [-0.15, -0.1) is 0 Å². The summed E-state index contributed by atoms with van der Waals surface area (Å²) in [6.45, 7) is 0. The molecule has 0 fully saturated rings. The van der Waals surface area contributed by atoms with E-state index in [4.69, 9.17) is 0 Å². The van der Waals surface area contributed by atoms with Crippen LogP contribution in [0.4, 0.5) is 0 Å². The van der Waals surface area contributed by atoms with Crippen molar-refractivity contribution >= 4 is 82.2 Å². The molecule has 0 unspecified atom stereocenters. The molecule has 0 saturated carbocycles. The van der Waals surface area contributed by atoms with Crippen molar-refractivity contribution in [2.45, 2.75) is 10.3 Å². The van der Waals surface area contributed by atoms with Gasteiger partial charge in [0.25, 0.3) is 0 Å². The van der Waals surface area contributed by atoms with Gasteiger partial charge in [0.15, 0.2) is 0 Å². The smallest absolute Gasteiger partial charge is 0.144 e. The first-order chi connectivity index (χ1) is 28.6. The van der Waals surface area contributed by atoms with Crippen LogP contribution in [0.2, 0.25) is 0 Å². The van der Waals surface area contributed by atoms with Crippen LogP contribution in [-0.2, 0) is 25.3 Å². The number of rotatable bonds is 8. The highest BCUT2D eigenvalue weighted by molar-refractivity contribution is 8.02. The fraction of sp³-hybridized carbons (Fsp3) is 0. The summed E-state index contributed by atoms with van der Waals surface area (Å²) < 4.78 is 0. The van der Waals surface area contributed by atoms with Crippen LogP contribution >= 0.6 is 14.5 Å². The van der Waals surface area contributed by atoms with E-state index in [0.717, 1.165) is 0 Å². The maximum atomic E-state index is 4.48. The van der Waals surface area contributed by atoms with Gasteiger partial charge in [-0.1, -0.05) is 146 Å². The molecular weight excluding hydrogens is 783 g/mol. The van der Waals surface area contributed by atoms with Crippen LogP contribution in [0.25, 0.3) is 0 Å². The Hall–Kier alpha value is -6.00. The second-order valence-electron chi connectivity index (χ2n) is 13.0. The monoisotopic (exact) mass is 822 g/mol. The van der Waals surface area contributed by atoms with E-state index in [-0.39, 0.29) is 10.3 Å². The van der Waals surface area contributed by atoms with Crippen LogP contribution < -0.4 is 42.4 Å². The number of hydrogen-bond donors (Lipinski definition) is 0. The largest absolute Gasteiger partial charge is 0.736 e. The van der Waals surface area contributed by atoms with Crippen molar-refractivity contribution in [2.75, 3.05) is 0 Å². The van der Waals surface area contributed by atoms with Gasteiger partial charge in [0.1, 0.15) is 57.0 Å². The minimum Gasteiger partial charge on any atom is -0.736 e. The molecule has 4 nitrogen and oxygen atoms in total. The molecule has 282 valence electrons. The molecule has 0 bridgehead atoms. The van der Waals surface area contributed by atoms with Gasteiger partial charge in [-0.05, 0) is 97.1 Å². The fourth-order valence-corrected chi connectivity index (χ4v) is 15.9. The lowest BCUT2D eigenvalue weighted by atomic mass is 10.3. The summed E-state index contributed by atoms with van der Waals surface area (Å²) in [5.74, 6) is 0. The second kappa shape index (κ2) is 19.9. The highest BCUT2D eigenvalue weighted by atomic mass is 32.1. The predicted molar refractivity (Wildman–Crippen MR) is 251 cm³/mol. The first kappa shape index (κ1) is 40.2. The molecule has 0 radical (unpaired) electrons. The molecule has 8 aromatic carbocycles. The van der Waals surface area contributed by atoms with Crippen LogP contribution in [0.5, 0.6) is 0 Å². The van der Waals surface area contributed by atoms with E-state index in [2.05, 4.69) is 288 Å². The Bertz CT molecular complexity index is 2030. The van der Waals surface area contributed by atoms with E-state index < -0.39 is 14.5 Å². The maximum absolute atomic E-state index is 4.48. The Morgan fingerprint density at radius 2 is 0.328 bits per heavy atom. The van der Waals surface area contributed by atoms with Gasteiger partial charge in [-0.25, -0.2) is 0 Å². The number of benzene rings is 8. The van der Waals surface area contributed by atoms with Crippen molar-refractivity contribution in [2.24, 2.45) is 0 Å². The van der Waals surface area contributed by atoms with Gasteiger partial charge < -0.3 is 25.3 Å². The third kappa shape index (κ3) is 8.92. The van der Waals surface area contributed by atoms with Crippen LogP contribution in [0.1, 0.15) is 0 Å². The quantitative estimate of drug-likeness (QED) is 0.116. The molecule has 58 heavy (non-hydrogen) atoms. The van der Waals surface area contributed by atoms with Crippen LogP contribution in [0, 0.1) is 0 Å². The van der Waals surface area contributed by atoms with Gasteiger partial charge in [-0.2, -0.15) is 20.4 Å². The van der Waals surface area contributed by atoms with Gasteiger partial charge in [0.05, 0.1) is 10.3 Å². The lowest BCUT2D eigenvalue weighted by Gasteiger charge is -2.27. The molecule has 0 amide bonds. The Morgan fingerprint density at radius 1 is 0.207 bits per heavy atom. The summed E-state index contributed by atoms with van der Waals surface area (Å²) >= 11 is 8.96. The first-order valence-electron chi connectivity index (χ1n) is 18.8. The lowest BCUT2D eigenvalue weighted by Crippen LogP contribution is -2.38. The zero-order chi connectivity index (χ0) is 39.9. The molecule has 1 heterocycles. The van der Waals surface area contributed by atoms with Crippen molar-refractivity contribution in [3.8, 4) is 0 Å². The van der Waals surface area contributed by atoms with Gasteiger partial charge in [-0.3, -0.25) is 0 Å². The molecule has 0 saturated heterocycles. The summed E-state index contributed by atoms with van der Waals surface area (Å²) in [5, 5.41) is 24.8. The number of aromatic nitrogens is 4. The van der Waals surface area contributed by atoms with Gasteiger partial charge in [0.2, 0.25) is 0 Å². The molecule has 1 aromatic heterocycles. The van der Waals surface area contributed by atoms with Crippen LogP contribution in [-0.4, -0.2) is 20.4 Å². The Labute approximate surface area is 353 Å². The third-order valence-corrected chi connectivity index (χ3v) is 18.5.